The summed E-state index contributed by atoms with van der Waals surface area (Å²) in [6, 6.07) is 11.0. The Morgan fingerprint density at radius 1 is 1.17 bits per heavy atom. The normalized spacial score (nSPS) is 14.1. The second kappa shape index (κ2) is 5.91. The van der Waals surface area contributed by atoms with Gasteiger partial charge in [-0.2, -0.15) is 0 Å². The van der Waals surface area contributed by atoms with Crippen LogP contribution in [-0.2, 0) is 6.42 Å². The number of para-hydroxylation sites is 1. The number of hydrogen-bond acceptors (Lipinski definition) is 4. The molecule has 0 spiro atoms. The molecular formula is C18H21N5. The summed E-state index contributed by atoms with van der Waals surface area (Å²) in [7, 11) is 0. The fourth-order valence-corrected chi connectivity index (χ4v) is 2.83. The van der Waals surface area contributed by atoms with E-state index < -0.39 is 0 Å². The number of aromatic nitrogens is 3. The van der Waals surface area contributed by atoms with Gasteiger partial charge in [-0.05, 0) is 37.8 Å². The van der Waals surface area contributed by atoms with Gasteiger partial charge in [0, 0.05) is 35.8 Å². The van der Waals surface area contributed by atoms with Gasteiger partial charge in [-0.15, -0.1) is 0 Å². The van der Waals surface area contributed by atoms with Crippen molar-refractivity contribution in [2.24, 2.45) is 0 Å². The molecule has 118 valence electrons. The molecule has 1 fully saturated rings. The Kier molecular flexibility index (Phi) is 3.61. The molecule has 2 aromatic heterocycles. The lowest BCUT2D eigenvalue weighted by Gasteiger charge is -2.09. The minimum absolute atomic E-state index is 0.600. The number of aryl methyl sites for hydroxylation is 1. The largest absolute Gasteiger partial charge is 0.370 e. The number of nitrogens with zero attached hydrogens (tertiary/aromatic N) is 2. The molecule has 0 radical (unpaired) electrons. The molecular weight excluding hydrogens is 286 g/mol. The SMILES string of the molecule is Cc1nc(NCCc2c[nH]c3ccccc23)cc(NC2CC2)n1. The quantitative estimate of drug-likeness (QED) is 0.652. The fraction of sp³-hybridized carbons (Fsp3) is 0.333. The molecule has 0 amide bonds. The lowest BCUT2D eigenvalue weighted by atomic mass is 10.1. The average molecular weight is 307 g/mol. The van der Waals surface area contributed by atoms with Gasteiger partial charge in [0.05, 0.1) is 0 Å². The Morgan fingerprint density at radius 2 is 2.00 bits per heavy atom. The summed E-state index contributed by atoms with van der Waals surface area (Å²) in [6.07, 6.45) is 5.54. The number of nitrogens with one attached hydrogen (secondary N) is 3. The molecule has 1 saturated carbocycles. The van der Waals surface area contributed by atoms with E-state index in [1.165, 1.54) is 29.3 Å². The number of H-pyrrole nitrogens is 1. The number of anilines is 2. The molecule has 2 heterocycles. The van der Waals surface area contributed by atoms with E-state index in [1.807, 2.05) is 13.0 Å². The van der Waals surface area contributed by atoms with Crippen LogP contribution in [0.15, 0.2) is 36.5 Å². The third-order valence-corrected chi connectivity index (χ3v) is 4.14. The maximum atomic E-state index is 4.47. The standard InChI is InChI=1S/C18H21N5/c1-12-21-17(10-18(22-12)23-14-6-7-14)19-9-8-13-11-20-16-5-3-2-4-15(13)16/h2-5,10-11,14,20H,6-9H2,1H3,(H2,19,21,22,23). The van der Waals surface area contributed by atoms with Gasteiger partial charge in [0.15, 0.2) is 0 Å². The van der Waals surface area contributed by atoms with Gasteiger partial charge in [0.2, 0.25) is 0 Å². The van der Waals surface area contributed by atoms with Gasteiger partial charge < -0.3 is 15.6 Å². The lowest BCUT2D eigenvalue weighted by Crippen LogP contribution is -2.10. The second-order valence-corrected chi connectivity index (χ2v) is 6.14. The van der Waals surface area contributed by atoms with Crippen LogP contribution < -0.4 is 10.6 Å². The summed E-state index contributed by atoms with van der Waals surface area (Å²) in [6.45, 7) is 2.78. The predicted octanol–water partition coefficient (Wildman–Crippen LogP) is 3.50. The third kappa shape index (κ3) is 3.28. The number of hydrogen-bond donors (Lipinski definition) is 3. The van der Waals surface area contributed by atoms with E-state index >= 15 is 0 Å². The zero-order valence-electron chi connectivity index (χ0n) is 13.3. The van der Waals surface area contributed by atoms with Crippen LogP contribution in [0.1, 0.15) is 24.2 Å². The summed E-state index contributed by atoms with van der Waals surface area (Å²) in [5, 5.41) is 8.14. The molecule has 0 atom stereocenters. The fourth-order valence-electron chi connectivity index (χ4n) is 2.83. The third-order valence-electron chi connectivity index (χ3n) is 4.14. The first-order valence-corrected chi connectivity index (χ1v) is 8.19. The number of aromatic amines is 1. The van der Waals surface area contributed by atoms with Crippen molar-refractivity contribution in [2.45, 2.75) is 32.2 Å². The highest BCUT2D eigenvalue weighted by atomic mass is 15.1. The summed E-state index contributed by atoms with van der Waals surface area (Å²) < 4.78 is 0. The first-order valence-electron chi connectivity index (χ1n) is 8.19. The van der Waals surface area contributed by atoms with Crippen LogP contribution in [-0.4, -0.2) is 27.5 Å². The number of benzene rings is 1. The molecule has 1 aliphatic rings. The van der Waals surface area contributed by atoms with E-state index in [4.69, 9.17) is 0 Å². The predicted molar refractivity (Wildman–Crippen MR) is 93.9 cm³/mol. The van der Waals surface area contributed by atoms with Crippen molar-refractivity contribution in [2.75, 3.05) is 17.2 Å². The molecule has 23 heavy (non-hydrogen) atoms. The summed E-state index contributed by atoms with van der Waals surface area (Å²) in [5.41, 5.74) is 2.52. The molecule has 3 N–H and O–H groups in total. The van der Waals surface area contributed by atoms with E-state index in [0.29, 0.717) is 6.04 Å². The van der Waals surface area contributed by atoms with Crippen molar-refractivity contribution in [3.8, 4) is 0 Å². The van der Waals surface area contributed by atoms with Crippen molar-refractivity contribution in [3.63, 3.8) is 0 Å². The lowest BCUT2D eigenvalue weighted by molar-refractivity contribution is 0.978. The van der Waals surface area contributed by atoms with Crippen LogP contribution in [0.5, 0.6) is 0 Å². The number of fused-ring (bicyclic) bond motifs is 1. The molecule has 1 aromatic carbocycles. The van der Waals surface area contributed by atoms with E-state index in [9.17, 15) is 0 Å². The van der Waals surface area contributed by atoms with E-state index in [-0.39, 0.29) is 0 Å². The maximum Gasteiger partial charge on any atom is 0.132 e. The first-order chi connectivity index (χ1) is 11.3. The van der Waals surface area contributed by atoms with Crippen LogP contribution in [0, 0.1) is 6.92 Å². The topological polar surface area (TPSA) is 65.6 Å². The Morgan fingerprint density at radius 3 is 2.87 bits per heavy atom. The molecule has 0 unspecified atom stereocenters. The van der Waals surface area contributed by atoms with Crippen LogP contribution in [0.25, 0.3) is 10.9 Å². The van der Waals surface area contributed by atoms with E-state index in [2.05, 4.69) is 56.0 Å². The van der Waals surface area contributed by atoms with Crippen LogP contribution in [0.2, 0.25) is 0 Å². The highest BCUT2D eigenvalue weighted by Gasteiger charge is 2.21. The Labute approximate surface area is 135 Å². The van der Waals surface area contributed by atoms with Crippen molar-refractivity contribution >= 4 is 22.5 Å². The van der Waals surface area contributed by atoms with Crippen molar-refractivity contribution in [1.29, 1.82) is 0 Å². The zero-order valence-corrected chi connectivity index (χ0v) is 13.3. The van der Waals surface area contributed by atoms with Gasteiger partial charge in [0.25, 0.3) is 0 Å². The van der Waals surface area contributed by atoms with Gasteiger partial charge >= 0.3 is 0 Å². The molecule has 0 aliphatic heterocycles. The molecule has 3 aromatic rings. The zero-order chi connectivity index (χ0) is 15.6. The first kappa shape index (κ1) is 14.1. The highest BCUT2D eigenvalue weighted by Crippen LogP contribution is 2.24. The summed E-state index contributed by atoms with van der Waals surface area (Å²) >= 11 is 0. The maximum absolute atomic E-state index is 4.47. The minimum Gasteiger partial charge on any atom is -0.370 e. The minimum atomic E-state index is 0.600. The highest BCUT2D eigenvalue weighted by molar-refractivity contribution is 5.83. The molecule has 5 heteroatoms. The van der Waals surface area contributed by atoms with Gasteiger partial charge in [-0.1, -0.05) is 18.2 Å². The molecule has 0 saturated heterocycles. The average Bonchev–Trinajstić information content (AvgIpc) is 3.25. The van der Waals surface area contributed by atoms with Crippen LogP contribution >= 0.6 is 0 Å². The van der Waals surface area contributed by atoms with Gasteiger partial charge in [-0.3, -0.25) is 0 Å². The van der Waals surface area contributed by atoms with Crippen molar-refractivity contribution < 1.29 is 0 Å². The molecule has 5 nitrogen and oxygen atoms in total. The van der Waals surface area contributed by atoms with Crippen molar-refractivity contribution in [1.82, 2.24) is 15.0 Å². The van der Waals surface area contributed by atoms with Gasteiger partial charge in [-0.25, -0.2) is 9.97 Å². The summed E-state index contributed by atoms with van der Waals surface area (Å²) in [5.74, 6) is 2.61. The number of rotatable bonds is 6. The molecule has 4 rings (SSSR count). The van der Waals surface area contributed by atoms with Crippen molar-refractivity contribution in [3.05, 3.63) is 47.9 Å². The van der Waals surface area contributed by atoms with Crippen LogP contribution in [0.3, 0.4) is 0 Å². The smallest absolute Gasteiger partial charge is 0.132 e. The molecule has 0 bridgehead atoms. The Bertz CT molecular complexity index is 819. The monoisotopic (exact) mass is 307 g/mol. The van der Waals surface area contributed by atoms with Gasteiger partial charge in [0.1, 0.15) is 17.5 Å². The summed E-state index contributed by atoms with van der Waals surface area (Å²) in [4.78, 5) is 12.2. The van der Waals surface area contributed by atoms with E-state index in [1.54, 1.807) is 0 Å². The Balaban J connectivity index is 1.41. The Hall–Kier alpha value is -2.56. The molecule has 1 aliphatic carbocycles. The van der Waals surface area contributed by atoms with E-state index in [0.717, 1.165) is 30.4 Å². The van der Waals surface area contributed by atoms with Crippen LogP contribution in [0.4, 0.5) is 11.6 Å². The second-order valence-electron chi connectivity index (χ2n) is 6.14.